The number of hydrogen-bond donors (Lipinski definition) is 2. The molecule has 1 aliphatic carbocycles. The number of aliphatic carboxylic acids is 2. The molecule has 0 heterocycles. The van der Waals surface area contributed by atoms with Crippen LogP contribution in [0.1, 0.15) is 32.1 Å². The predicted molar refractivity (Wildman–Crippen MR) is 77.0 cm³/mol. The molecule has 0 aromatic carbocycles. The summed E-state index contributed by atoms with van der Waals surface area (Å²) in [5, 5.41) is 18.8. The second-order valence-electron chi connectivity index (χ2n) is 6.57. The molecule has 0 aromatic heterocycles. The fraction of sp³-hybridized carbons (Fsp3) is 0.714. The minimum Gasteiger partial charge on any atom is -0.478 e. The highest BCUT2D eigenvalue weighted by atomic mass is 28.3. The normalized spacial score (nSPS) is 18.9. The van der Waals surface area contributed by atoms with E-state index >= 15 is 0 Å². The van der Waals surface area contributed by atoms with Crippen molar-refractivity contribution in [1.82, 2.24) is 0 Å². The first-order chi connectivity index (χ1) is 8.72. The van der Waals surface area contributed by atoms with Gasteiger partial charge in [-0.05, 0) is 24.8 Å². The van der Waals surface area contributed by atoms with Crippen molar-refractivity contribution >= 4 is 20.0 Å². The van der Waals surface area contributed by atoms with E-state index in [9.17, 15) is 19.8 Å². The molecule has 2 N–H and O–H groups in total. The molecule has 0 aliphatic heterocycles. The Hall–Kier alpha value is -1.10. The molecule has 0 amide bonds. The summed E-state index contributed by atoms with van der Waals surface area (Å²) in [4.78, 5) is 23.0. The Morgan fingerprint density at radius 2 is 1.53 bits per heavy atom. The van der Waals surface area contributed by atoms with Crippen LogP contribution in [-0.4, -0.2) is 30.2 Å². The zero-order valence-electron chi connectivity index (χ0n) is 12.0. The van der Waals surface area contributed by atoms with Gasteiger partial charge in [-0.25, -0.2) is 9.59 Å². The fourth-order valence-electron chi connectivity index (χ4n) is 2.76. The third kappa shape index (κ3) is 4.82. The second-order valence-corrected chi connectivity index (χ2v) is 12.0. The summed E-state index contributed by atoms with van der Waals surface area (Å²) in [6, 6.07) is 0.431. The van der Waals surface area contributed by atoms with Crippen LogP contribution in [0.5, 0.6) is 0 Å². The van der Waals surface area contributed by atoms with E-state index in [2.05, 4.69) is 19.6 Å². The Labute approximate surface area is 115 Å². The van der Waals surface area contributed by atoms with E-state index < -0.39 is 20.0 Å². The first-order valence-corrected chi connectivity index (χ1v) is 10.6. The quantitative estimate of drug-likeness (QED) is 0.599. The van der Waals surface area contributed by atoms with E-state index in [0.717, 1.165) is 32.1 Å². The van der Waals surface area contributed by atoms with Gasteiger partial charge in [0.1, 0.15) is 0 Å². The molecule has 1 saturated carbocycles. The van der Waals surface area contributed by atoms with Crippen LogP contribution in [0, 0.1) is 5.92 Å². The van der Waals surface area contributed by atoms with Gasteiger partial charge in [-0.1, -0.05) is 38.9 Å². The Morgan fingerprint density at radius 1 is 1.00 bits per heavy atom. The molecule has 0 unspecified atom stereocenters. The molecular weight excluding hydrogens is 260 g/mol. The SMILES string of the molecule is C[Si](C)(C)CC(C(=O)O)=C(C(=O)O)C1CCCCC1. The highest BCUT2D eigenvalue weighted by molar-refractivity contribution is 6.77. The smallest absolute Gasteiger partial charge is 0.332 e. The van der Waals surface area contributed by atoms with Gasteiger partial charge in [-0.3, -0.25) is 0 Å². The zero-order chi connectivity index (χ0) is 14.6. The van der Waals surface area contributed by atoms with E-state index in [0.29, 0.717) is 6.04 Å². The van der Waals surface area contributed by atoms with Crippen LogP contribution >= 0.6 is 0 Å². The van der Waals surface area contributed by atoms with Gasteiger partial charge in [-0.2, -0.15) is 0 Å². The molecule has 0 spiro atoms. The van der Waals surface area contributed by atoms with Crippen molar-refractivity contribution < 1.29 is 19.8 Å². The number of rotatable bonds is 5. The molecule has 1 aliphatic rings. The molecule has 5 heteroatoms. The molecule has 19 heavy (non-hydrogen) atoms. The summed E-state index contributed by atoms with van der Waals surface area (Å²) in [5.74, 6) is -2.17. The Balaban J connectivity index is 3.16. The van der Waals surface area contributed by atoms with Gasteiger partial charge in [0.2, 0.25) is 0 Å². The topological polar surface area (TPSA) is 74.6 Å². The number of hydrogen-bond acceptors (Lipinski definition) is 2. The van der Waals surface area contributed by atoms with Crippen LogP contribution in [0.3, 0.4) is 0 Å². The fourth-order valence-corrected chi connectivity index (χ4v) is 4.16. The van der Waals surface area contributed by atoms with E-state index in [1.807, 2.05) is 0 Å². The van der Waals surface area contributed by atoms with Crippen LogP contribution in [-0.2, 0) is 9.59 Å². The predicted octanol–water partition coefficient (Wildman–Crippen LogP) is 3.37. The highest BCUT2D eigenvalue weighted by Crippen LogP contribution is 2.34. The number of carbonyl (C=O) groups is 2. The molecule has 108 valence electrons. The average molecular weight is 284 g/mol. The number of carboxylic acid groups (broad SMARTS) is 2. The third-order valence-electron chi connectivity index (χ3n) is 3.53. The van der Waals surface area contributed by atoms with Crippen molar-refractivity contribution in [2.75, 3.05) is 0 Å². The van der Waals surface area contributed by atoms with Gasteiger partial charge in [-0.15, -0.1) is 0 Å². The zero-order valence-corrected chi connectivity index (χ0v) is 13.0. The van der Waals surface area contributed by atoms with Crippen LogP contribution < -0.4 is 0 Å². The maximum absolute atomic E-state index is 11.5. The average Bonchev–Trinajstić information content (AvgIpc) is 2.27. The molecule has 0 aromatic rings. The lowest BCUT2D eigenvalue weighted by Gasteiger charge is -2.25. The van der Waals surface area contributed by atoms with Gasteiger partial charge in [0.25, 0.3) is 0 Å². The molecule has 1 fully saturated rings. The van der Waals surface area contributed by atoms with E-state index in [1.54, 1.807) is 0 Å². The molecule has 0 saturated heterocycles. The first kappa shape index (κ1) is 16.0. The maximum Gasteiger partial charge on any atom is 0.332 e. The van der Waals surface area contributed by atoms with Crippen LogP contribution in [0.25, 0.3) is 0 Å². The summed E-state index contributed by atoms with van der Waals surface area (Å²) in [6.07, 6.45) is 4.75. The molecule has 1 rings (SSSR count). The largest absolute Gasteiger partial charge is 0.478 e. The van der Waals surface area contributed by atoms with Crippen molar-refractivity contribution in [1.29, 1.82) is 0 Å². The standard InChI is InChI=1S/C14H24O4Si/c1-19(2,3)9-11(13(15)16)12(14(17)18)10-7-5-4-6-8-10/h10H,4-9H2,1-3H3,(H,15,16)(H,17,18). The van der Waals surface area contributed by atoms with Crippen LogP contribution in [0.4, 0.5) is 0 Å². The van der Waals surface area contributed by atoms with E-state index in [-0.39, 0.29) is 17.1 Å². The Morgan fingerprint density at radius 3 is 1.89 bits per heavy atom. The van der Waals surface area contributed by atoms with Gasteiger partial charge in [0.05, 0.1) is 5.57 Å². The molecule has 0 radical (unpaired) electrons. The van der Waals surface area contributed by atoms with Gasteiger partial charge >= 0.3 is 11.9 Å². The Kier molecular flexibility index (Phi) is 5.35. The van der Waals surface area contributed by atoms with Crippen LogP contribution in [0.2, 0.25) is 25.7 Å². The monoisotopic (exact) mass is 284 g/mol. The van der Waals surface area contributed by atoms with Crippen molar-refractivity contribution in [2.24, 2.45) is 5.92 Å². The van der Waals surface area contributed by atoms with Crippen molar-refractivity contribution in [2.45, 2.75) is 57.8 Å². The van der Waals surface area contributed by atoms with Gasteiger partial charge in [0.15, 0.2) is 0 Å². The lowest BCUT2D eigenvalue weighted by molar-refractivity contribution is -0.136. The van der Waals surface area contributed by atoms with Gasteiger partial charge in [0, 0.05) is 13.6 Å². The minimum absolute atomic E-state index is 0.0753. The number of carboxylic acids is 2. The van der Waals surface area contributed by atoms with Crippen molar-refractivity contribution in [3.05, 3.63) is 11.1 Å². The lowest BCUT2D eigenvalue weighted by Crippen LogP contribution is -2.27. The van der Waals surface area contributed by atoms with E-state index in [1.165, 1.54) is 0 Å². The summed E-state index contributed by atoms with van der Waals surface area (Å²) in [6.45, 7) is 6.20. The summed E-state index contributed by atoms with van der Waals surface area (Å²) in [5.41, 5.74) is 0.327. The van der Waals surface area contributed by atoms with Gasteiger partial charge < -0.3 is 10.2 Å². The van der Waals surface area contributed by atoms with Crippen LogP contribution in [0.15, 0.2) is 11.1 Å². The highest BCUT2D eigenvalue weighted by Gasteiger charge is 2.31. The summed E-state index contributed by atoms with van der Waals surface area (Å²) in [7, 11) is -1.66. The second kappa shape index (κ2) is 6.37. The van der Waals surface area contributed by atoms with E-state index in [4.69, 9.17) is 0 Å². The van der Waals surface area contributed by atoms with Crippen molar-refractivity contribution in [3.8, 4) is 0 Å². The first-order valence-electron chi connectivity index (χ1n) is 6.92. The third-order valence-corrected chi connectivity index (χ3v) is 4.95. The maximum atomic E-state index is 11.5. The molecule has 0 bridgehead atoms. The minimum atomic E-state index is -1.66. The molecule has 0 atom stereocenters. The summed E-state index contributed by atoms with van der Waals surface area (Å²) >= 11 is 0. The van der Waals surface area contributed by atoms with Crippen molar-refractivity contribution in [3.63, 3.8) is 0 Å². The summed E-state index contributed by atoms with van der Waals surface area (Å²) < 4.78 is 0. The molecule has 4 nitrogen and oxygen atoms in total. The lowest BCUT2D eigenvalue weighted by atomic mass is 9.82. The molecular formula is C14H24O4Si. The Bertz CT molecular complexity index is 387.